The Balaban J connectivity index is 1.58. The second kappa shape index (κ2) is 9.60. The average Bonchev–Trinajstić information content (AvgIpc) is 3.11. The van der Waals surface area contributed by atoms with Crippen molar-refractivity contribution in [1.82, 2.24) is 20.2 Å². The number of nitrogens with zero attached hydrogens (tertiary/aromatic N) is 2. The van der Waals surface area contributed by atoms with E-state index in [1.165, 1.54) is 5.56 Å². The lowest BCUT2D eigenvalue weighted by molar-refractivity contribution is 0.237. The van der Waals surface area contributed by atoms with Crippen LogP contribution in [-0.2, 0) is 13.0 Å². The number of nitrogens with one attached hydrogen (secondary N) is 2. The van der Waals surface area contributed by atoms with Crippen molar-refractivity contribution in [2.24, 2.45) is 0 Å². The van der Waals surface area contributed by atoms with Gasteiger partial charge in [0.15, 0.2) is 0 Å². The van der Waals surface area contributed by atoms with Crippen LogP contribution in [0.1, 0.15) is 25.3 Å². The highest BCUT2D eigenvalue weighted by molar-refractivity contribution is 5.74. The first-order valence-electron chi connectivity index (χ1n) is 8.30. The van der Waals surface area contributed by atoms with Crippen molar-refractivity contribution in [2.75, 3.05) is 13.7 Å². The Morgan fingerprint density at radius 2 is 2.12 bits per heavy atom. The highest BCUT2D eigenvalue weighted by Crippen LogP contribution is 2.13. The van der Waals surface area contributed by atoms with E-state index in [0.717, 1.165) is 31.6 Å². The second-order valence-electron chi connectivity index (χ2n) is 5.84. The molecule has 6 heteroatoms. The molecule has 1 aromatic carbocycles. The number of methoxy groups -OCH3 is 1. The fraction of sp³-hybridized carbons (Fsp3) is 0.444. The van der Waals surface area contributed by atoms with Gasteiger partial charge in [0.05, 0.1) is 13.4 Å². The van der Waals surface area contributed by atoms with E-state index in [0.29, 0.717) is 6.54 Å². The molecule has 2 amide bonds. The maximum absolute atomic E-state index is 11.9. The van der Waals surface area contributed by atoms with Crippen LogP contribution >= 0.6 is 0 Å². The summed E-state index contributed by atoms with van der Waals surface area (Å²) in [5.41, 5.74) is 1.24. The molecule has 130 valence electrons. The van der Waals surface area contributed by atoms with E-state index >= 15 is 0 Å². The minimum absolute atomic E-state index is 0.108. The number of amides is 2. The smallest absolute Gasteiger partial charge is 0.314 e. The number of carbonyl (C=O) groups excluding carboxylic acids is 1. The maximum atomic E-state index is 11.9. The topological polar surface area (TPSA) is 68.2 Å². The van der Waals surface area contributed by atoms with Crippen molar-refractivity contribution in [1.29, 1.82) is 0 Å². The number of benzene rings is 1. The summed E-state index contributed by atoms with van der Waals surface area (Å²) in [5.74, 6) is 0.861. The molecule has 1 atom stereocenters. The van der Waals surface area contributed by atoms with Crippen LogP contribution in [0.5, 0.6) is 5.75 Å². The minimum Gasteiger partial charge on any atom is -0.497 e. The molecule has 0 spiro atoms. The molecule has 0 radical (unpaired) electrons. The van der Waals surface area contributed by atoms with Gasteiger partial charge in [-0.1, -0.05) is 12.1 Å². The summed E-state index contributed by atoms with van der Waals surface area (Å²) in [6, 6.07) is 8.05. The molecule has 24 heavy (non-hydrogen) atoms. The predicted octanol–water partition coefficient (Wildman–Crippen LogP) is 2.60. The Morgan fingerprint density at radius 3 is 2.79 bits per heavy atom. The monoisotopic (exact) mass is 330 g/mol. The van der Waals surface area contributed by atoms with E-state index in [1.807, 2.05) is 29.8 Å². The highest BCUT2D eigenvalue weighted by atomic mass is 16.5. The normalized spacial score (nSPS) is 11.8. The Labute approximate surface area is 143 Å². The molecule has 0 saturated heterocycles. The summed E-state index contributed by atoms with van der Waals surface area (Å²) >= 11 is 0. The number of aryl methyl sites for hydroxylation is 2. The van der Waals surface area contributed by atoms with Crippen LogP contribution in [0.2, 0.25) is 0 Å². The average molecular weight is 330 g/mol. The van der Waals surface area contributed by atoms with Crippen molar-refractivity contribution < 1.29 is 9.53 Å². The summed E-state index contributed by atoms with van der Waals surface area (Å²) in [5, 5.41) is 5.86. The Kier molecular flexibility index (Phi) is 7.14. The number of urea groups is 1. The van der Waals surface area contributed by atoms with E-state index < -0.39 is 0 Å². The number of rotatable bonds is 9. The van der Waals surface area contributed by atoms with Gasteiger partial charge in [0.25, 0.3) is 0 Å². The van der Waals surface area contributed by atoms with E-state index in [2.05, 4.69) is 27.8 Å². The predicted molar refractivity (Wildman–Crippen MR) is 94.2 cm³/mol. The molecule has 0 bridgehead atoms. The fourth-order valence-corrected chi connectivity index (χ4v) is 2.40. The summed E-state index contributed by atoms with van der Waals surface area (Å²) < 4.78 is 7.14. The summed E-state index contributed by atoms with van der Waals surface area (Å²) in [6.45, 7) is 3.52. The first-order chi connectivity index (χ1) is 11.7. The largest absolute Gasteiger partial charge is 0.497 e. The van der Waals surface area contributed by atoms with Gasteiger partial charge >= 0.3 is 6.03 Å². The van der Waals surface area contributed by atoms with Crippen LogP contribution in [0.25, 0.3) is 0 Å². The van der Waals surface area contributed by atoms with Crippen LogP contribution in [0.4, 0.5) is 4.79 Å². The molecule has 0 aliphatic carbocycles. The molecule has 1 aromatic heterocycles. The molecule has 2 rings (SSSR count). The Morgan fingerprint density at radius 1 is 1.33 bits per heavy atom. The van der Waals surface area contributed by atoms with Crippen molar-refractivity contribution in [3.63, 3.8) is 0 Å². The van der Waals surface area contributed by atoms with Crippen LogP contribution in [0.15, 0.2) is 43.0 Å². The number of carbonyl (C=O) groups is 1. The van der Waals surface area contributed by atoms with Crippen LogP contribution in [-0.4, -0.2) is 35.3 Å². The number of hydrogen-bond acceptors (Lipinski definition) is 3. The Bertz CT molecular complexity index is 596. The Hall–Kier alpha value is -2.50. The number of aromatic nitrogens is 2. The third-order valence-electron chi connectivity index (χ3n) is 3.84. The molecular formula is C18H26N4O2. The van der Waals surface area contributed by atoms with Gasteiger partial charge in [0.1, 0.15) is 5.75 Å². The third-order valence-corrected chi connectivity index (χ3v) is 3.84. The van der Waals surface area contributed by atoms with Gasteiger partial charge in [-0.25, -0.2) is 9.78 Å². The minimum atomic E-state index is -0.108. The first-order valence-corrected chi connectivity index (χ1v) is 8.30. The zero-order chi connectivity index (χ0) is 17.2. The first kappa shape index (κ1) is 17.8. The van der Waals surface area contributed by atoms with Gasteiger partial charge in [0, 0.05) is 31.5 Å². The van der Waals surface area contributed by atoms with Crippen molar-refractivity contribution >= 4 is 6.03 Å². The number of ether oxygens (including phenoxy) is 1. The van der Waals surface area contributed by atoms with E-state index in [4.69, 9.17) is 4.74 Å². The number of imidazole rings is 1. The van der Waals surface area contributed by atoms with Gasteiger partial charge < -0.3 is 19.9 Å². The van der Waals surface area contributed by atoms with Crippen molar-refractivity contribution in [3.8, 4) is 5.75 Å². The molecule has 0 saturated carbocycles. The fourth-order valence-electron chi connectivity index (χ4n) is 2.40. The van der Waals surface area contributed by atoms with Crippen LogP contribution in [0, 0.1) is 0 Å². The zero-order valence-corrected chi connectivity index (χ0v) is 14.4. The lowest BCUT2D eigenvalue weighted by Crippen LogP contribution is -2.41. The molecule has 2 N–H and O–H groups in total. The van der Waals surface area contributed by atoms with Gasteiger partial charge in [0.2, 0.25) is 0 Å². The van der Waals surface area contributed by atoms with Gasteiger partial charge in [-0.2, -0.15) is 0 Å². The SMILES string of the molecule is COc1ccc(CC[C@@H](C)NC(=O)NCCCn2ccnc2)cc1. The molecule has 0 fully saturated rings. The summed E-state index contributed by atoms with van der Waals surface area (Å²) in [7, 11) is 1.66. The van der Waals surface area contributed by atoms with E-state index in [-0.39, 0.29) is 12.1 Å². The van der Waals surface area contributed by atoms with Crippen molar-refractivity contribution in [2.45, 2.75) is 38.8 Å². The second-order valence-corrected chi connectivity index (χ2v) is 5.84. The molecule has 0 aliphatic heterocycles. The quantitative estimate of drug-likeness (QED) is 0.695. The summed E-state index contributed by atoms with van der Waals surface area (Å²) in [4.78, 5) is 15.8. The van der Waals surface area contributed by atoms with Gasteiger partial charge in [-0.05, 0) is 43.9 Å². The van der Waals surface area contributed by atoms with Crippen LogP contribution in [0.3, 0.4) is 0 Å². The summed E-state index contributed by atoms with van der Waals surface area (Å²) in [6.07, 6.45) is 8.15. The van der Waals surface area contributed by atoms with Gasteiger partial charge in [-0.3, -0.25) is 0 Å². The standard InChI is InChI=1S/C18H26N4O2/c1-15(4-5-16-6-8-17(24-2)9-7-16)21-18(23)20-10-3-12-22-13-11-19-14-22/h6-9,11,13-15H,3-5,10,12H2,1-2H3,(H2,20,21,23)/t15-/m1/s1. The molecule has 0 unspecified atom stereocenters. The van der Waals surface area contributed by atoms with E-state index in [1.54, 1.807) is 19.6 Å². The third kappa shape index (κ3) is 6.32. The highest BCUT2D eigenvalue weighted by Gasteiger charge is 2.07. The lowest BCUT2D eigenvalue weighted by Gasteiger charge is -2.15. The zero-order valence-electron chi connectivity index (χ0n) is 14.4. The molecule has 0 aliphatic rings. The molecule has 6 nitrogen and oxygen atoms in total. The van der Waals surface area contributed by atoms with E-state index in [9.17, 15) is 4.79 Å². The van der Waals surface area contributed by atoms with Gasteiger partial charge in [-0.15, -0.1) is 0 Å². The molecule has 2 aromatic rings. The molecular weight excluding hydrogens is 304 g/mol. The molecule has 1 heterocycles. The van der Waals surface area contributed by atoms with Crippen LogP contribution < -0.4 is 15.4 Å². The van der Waals surface area contributed by atoms with Crippen molar-refractivity contribution in [3.05, 3.63) is 48.5 Å². The maximum Gasteiger partial charge on any atom is 0.314 e. The lowest BCUT2D eigenvalue weighted by atomic mass is 10.1. The number of hydrogen-bond donors (Lipinski definition) is 2.